The van der Waals surface area contributed by atoms with E-state index in [1.807, 2.05) is 12.1 Å². The summed E-state index contributed by atoms with van der Waals surface area (Å²) in [5.41, 5.74) is 6.62. The van der Waals surface area contributed by atoms with Crippen LogP contribution in [0.5, 0.6) is 0 Å². The van der Waals surface area contributed by atoms with Gasteiger partial charge in [-0.25, -0.2) is 0 Å². The van der Waals surface area contributed by atoms with Gasteiger partial charge in [0.2, 0.25) is 0 Å². The average molecular weight is 359 g/mol. The molecule has 142 valence electrons. The van der Waals surface area contributed by atoms with Crippen molar-refractivity contribution < 1.29 is 0 Å². The summed E-state index contributed by atoms with van der Waals surface area (Å²) in [6, 6.07) is 10.5. The summed E-state index contributed by atoms with van der Waals surface area (Å²) < 4.78 is 0. The van der Waals surface area contributed by atoms with Crippen molar-refractivity contribution in [2.45, 2.75) is 47.5 Å². The molecule has 1 aliphatic rings. The van der Waals surface area contributed by atoms with Crippen LogP contribution in [-0.2, 0) is 6.42 Å². The van der Waals surface area contributed by atoms with Crippen molar-refractivity contribution in [3.8, 4) is 0 Å². The molecular weight excluding hydrogens is 324 g/mol. The lowest BCUT2D eigenvalue weighted by atomic mass is 9.83. The first-order valence-corrected chi connectivity index (χ1v) is 9.83. The molecule has 2 rings (SSSR count). The van der Waals surface area contributed by atoms with Crippen molar-refractivity contribution in [1.82, 2.24) is 0 Å². The van der Waals surface area contributed by atoms with Gasteiger partial charge in [-0.2, -0.15) is 0 Å². The van der Waals surface area contributed by atoms with E-state index in [4.69, 9.17) is 0 Å². The summed E-state index contributed by atoms with van der Waals surface area (Å²) in [6.45, 7) is 19.8. The third-order valence-electron chi connectivity index (χ3n) is 5.44. The second kappa shape index (κ2) is 8.57. The molecule has 27 heavy (non-hydrogen) atoms. The van der Waals surface area contributed by atoms with Crippen molar-refractivity contribution >= 4 is 0 Å². The van der Waals surface area contributed by atoms with Crippen LogP contribution in [0.1, 0.15) is 46.6 Å². The van der Waals surface area contributed by atoms with Crippen molar-refractivity contribution in [2.75, 3.05) is 0 Å². The molecule has 0 unspecified atom stereocenters. The molecule has 1 saturated carbocycles. The average Bonchev–Trinajstić information content (AvgIpc) is 2.78. The van der Waals surface area contributed by atoms with Gasteiger partial charge in [-0.1, -0.05) is 108 Å². The summed E-state index contributed by atoms with van der Waals surface area (Å²) in [5, 5.41) is 0. The molecular formula is C27H34. The van der Waals surface area contributed by atoms with Crippen LogP contribution in [0.3, 0.4) is 0 Å². The number of allylic oxidation sites excluding steroid dienone is 10. The number of hydrogen-bond donors (Lipinski definition) is 0. The zero-order valence-corrected chi connectivity index (χ0v) is 17.7. The Labute approximate surface area is 166 Å². The van der Waals surface area contributed by atoms with E-state index in [0.717, 1.165) is 24.0 Å². The standard InChI is InChI=1S/C27H34/c1-8-23(18-14-13-17-22-15-11-10-12-16-22)21(3)19-25-24(9-2)26(4,5)20-27(25,6)7/h8-16,18-19H,1,3,17,20H2,2,4-7H3/b14-13-,23-18+,24-9+,25-19+. The molecule has 1 aromatic carbocycles. The number of benzene rings is 1. The molecule has 0 aliphatic heterocycles. The van der Waals surface area contributed by atoms with Crippen LogP contribution in [0.4, 0.5) is 0 Å². The predicted molar refractivity (Wildman–Crippen MR) is 121 cm³/mol. The van der Waals surface area contributed by atoms with Crippen LogP contribution in [0.2, 0.25) is 0 Å². The van der Waals surface area contributed by atoms with Gasteiger partial charge >= 0.3 is 0 Å². The van der Waals surface area contributed by atoms with E-state index in [9.17, 15) is 0 Å². The van der Waals surface area contributed by atoms with Crippen molar-refractivity contribution in [2.24, 2.45) is 10.8 Å². The van der Waals surface area contributed by atoms with E-state index in [0.29, 0.717) is 0 Å². The maximum atomic E-state index is 4.33. The van der Waals surface area contributed by atoms with Crippen LogP contribution in [0.25, 0.3) is 0 Å². The summed E-state index contributed by atoms with van der Waals surface area (Å²) >= 11 is 0. The fourth-order valence-electron chi connectivity index (χ4n) is 4.40. The molecule has 0 N–H and O–H groups in total. The Morgan fingerprint density at radius 3 is 2.26 bits per heavy atom. The summed E-state index contributed by atoms with van der Waals surface area (Å²) in [6.07, 6.45) is 14.9. The van der Waals surface area contributed by atoms with E-state index in [2.05, 4.69) is 102 Å². The normalized spacial score (nSPS) is 21.9. The topological polar surface area (TPSA) is 0 Å². The Bertz CT molecular complexity index is 805. The van der Waals surface area contributed by atoms with Gasteiger partial charge in [0, 0.05) is 0 Å². The Morgan fingerprint density at radius 2 is 1.67 bits per heavy atom. The van der Waals surface area contributed by atoms with Gasteiger partial charge in [0.25, 0.3) is 0 Å². The molecule has 0 heteroatoms. The monoisotopic (exact) mass is 358 g/mol. The van der Waals surface area contributed by atoms with Gasteiger partial charge in [0.1, 0.15) is 0 Å². The molecule has 0 heterocycles. The molecule has 1 fully saturated rings. The molecule has 1 aromatic rings. The van der Waals surface area contributed by atoms with Crippen LogP contribution >= 0.6 is 0 Å². The van der Waals surface area contributed by atoms with E-state index >= 15 is 0 Å². The molecule has 0 atom stereocenters. The minimum Gasteiger partial charge on any atom is -0.0984 e. The van der Waals surface area contributed by atoms with Crippen molar-refractivity contribution in [3.63, 3.8) is 0 Å². The van der Waals surface area contributed by atoms with E-state index in [1.54, 1.807) is 0 Å². The first kappa shape index (κ1) is 21.0. The summed E-state index contributed by atoms with van der Waals surface area (Å²) in [7, 11) is 0. The van der Waals surface area contributed by atoms with Crippen molar-refractivity contribution in [1.29, 1.82) is 0 Å². The van der Waals surface area contributed by atoms with Gasteiger partial charge < -0.3 is 0 Å². The molecule has 0 spiro atoms. The SMILES string of the molecule is C=C/C(=C\C=C/Cc1ccccc1)C(=C)/C=C1\C(=C/C)C(C)(C)CC1(C)C. The first-order valence-electron chi connectivity index (χ1n) is 9.83. The van der Waals surface area contributed by atoms with Gasteiger partial charge in [-0.3, -0.25) is 0 Å². The van der Waals surface area contributed by atoms with Crippen LogP contribution in [0, 0.1) is 10.8 Å². The van der Waals surface area contributed by atoms with Crippen LogP contribution < -0.4 is 0 Å². The summed E-state index contributed by atoms with van der Waals surface area (Å²) in [4.78, 5) is 0. The molecule has 0 aromatic heterocycles. The smallest absolute Gasteiger partial charge is 0.00923 e. The third-order valence-corrected chi connectivity index (χ3v) is 5.44. The number of rotatable bonds is 6. The van der Waals surface area contributed by atoms with Gasteiger partial charge in [-0.05, 0) is 58.5 Å². The van der Waals surface area contributed by atoms with Gasteiger partial charge in [0.05, 0.1) is 0 Å². The molecule has 0 nitrogen and oxygen atoms in total. The third kappa shape index (κ3) is 5.10. The number of hydrogen-bond acceptors (Lipinski definition) is 0. The Morgan fingerprint density at radius 1 is 1.04 bits per heavy atom. The quantitative estimate of drug-likeness (QED) is 0.455. The van der Waals surface area contributed by atoms with Crippen LogP contribution in [-0.4, -0.2) is 0 Å². The maximum absolute atomic E-state index is 4.33. The van der Waals surface area contributed by atoms with E-state index in [-0.39, 0.29) is 10.8 Å². The fraction of sp³-hybridized carbons (Fsp3) is 0.333. The molecule has 0 bridgehead atoms. The Hall–Kier alpha value is -2.34. The zero-order valence-electron chi connectivity index (χ0n) is 17.7. The van der Waals surface area contributed by atoms with E-state index < -0.39 is 0 Å². The minimum atomic E-state index is 0.156. The zero-order chi connectivity index (χ0) is 20.1. The highest BCUT2D eigenvalue weighted by Gasteiger charge is 2.44. The van der Waals surface area contributed by atoms with Gasteiger partial charge in [-0.15, -0.1) is 0 Å². The lowest BCUT2D eigenvalue weighted by molar-refractivity contribution is 0.338. The Kier molecular flexibility index (Phi) is 6.65. The highest BCUT2D eigenvalue weighted by atomic mass is 14.5. The second-order valence-corrected chi connectivity index (χ2v) is 8.67. The molecule has 0 amide bonds. The minimum absolute atomic E-state index is 0.156. The largest absolute Gasteiger partial charge is 0.0984 e. The Balaban J connectivity index is 2.21. The molecule has 0 saturated heterocycles. The summed E-state index contributed by atoms with van der Waals surface area (Å²) in [5.74, 6) is 0. The predicted octanol–water partition coefficient (Wildman–Crippen LogP) is 7.78. The first-order chi connectivity index (χ1) is 12.7. The maximum Gasteiger partial charge on any atom is -0.00923 e. The van der Waals surface area contributed by atoms with Gasteiger partial charge in [0.15, 0.2) is 0 Å². The highest BCUT2D eigenvalue weighted by Crippen LogP contribution is 2.56. The van der Waals surface area contributed by atoms with Crippen molar-refractivity contribution in [3.05, 3.63) is 108 Å². The second-order valence-electron chi connectivity index (χ2n) is 8.67. The molecule has 1 aliphatic carbocycles. The van der Waals surface area contributed by atoms with Crippen LogP contribution in [0.15, 0.2) is 102 Å². The lowest BCUT2D eigenvalue weighted by Gasteiger charge is -2.21. The molecule has 0 radical (unpaired) electrons. The fourth-order valence-corrected chi connectivity index (χ4v) is 4.40. The van der Waals surface area contributed by atoms with E-state index in [1.165, 1.54) is 16.7 Å². The lowest BCUT2D eigenvalue weighted by Crippen LogP contribution is -2.11. The highest BCUT2D eigenvalue weighted by molar-refractivity contribution is 5.54.